The van der Waals surface area contributed by atoms with E-state index in [0.29, 0.717) is 6.54 Å². The Hall–Kier alpha value is -1.07. The Balaban J connectivity index is 3.11. The summed E-state index contributed by atoms with van der Waals surface area (Å²) in [5.41, 5.74) is 0.888. The second-order valence-corrected chi connectivity index (χ2v) is 5.00. The molecule has 0 spiro atoms. The van der Waals surface area contributed by atoms with Gasteiger partial charge in [-0.3, -0.25) is 4.68 Å². The van der Waals surface area contributed by atoms with Crippen LogP contribution in [0.1, 0.15) is 32.0 Å². The maximum absolute atomic E-state index is 9.91. The van der Waals surface area contributed by atoms with Crippen LogP contribution in [0.25, 0.3) is 0 Å². The van der Waals surface area contributed by atoms with Crippen molar-refractivity contribution in [3.63, 3.8) is 0 Å². The van der Waals surface area contributed by atoms with Crippen LogP contribution in [0.4, 0.5) is 5.82 Å². The van der Waals surface area contributed by atoms with Crippen molar-refractivity contribution in [1.29, 1.82) is 0 Å². The molecule has 1 heterocycles. The third-order valence-corrected chi connectivity index (χ3v) is 2.73. The lowest BCUT2D eigenvalue weighted by Gasteiger charge is -2.30. The molecule has 2 N–H and O–H groups in total. The van der Waals surface area contributed by atoms with Gasteiger partial charge in [0.2, 0.25) is 0 Å². The van der Waals surface area contributed by atoms with Crippen LogP contribution >= 0.6 is 0 Å². The van der Waals surface area contributed by atoms with E-state index in [1.807, 2.05) is 25.8 Å². The van der Waals surface area contributed by atoms with Gasteiger partial charge in [-0.15, -0.1) is 0 Å². The van der Waals surface area contributed by atoms with Crippen molar-refractivity contribution in [1.82, 2.24) is 9.78 Å². The van der Waals surface area contributed by atoms with Gasteiger partial charge in [-0.05, 0) is 27.7 Å². The molecule has 0 bridgehead atoms. The first-order valence-electron chi connectivity index (χ1n) is 5.90. The summed E-state index contributed by atoms with van der Waals surface area (Å²) in [4.78, 5) is 2.03. The number of anilines is 1. The molecule has 0 saturated carbocycles. The lowest BCUT2D eigenvalue weighted by molar-refractivity contribution is 0.0871. The molecule has 5 heteroatoms. The van der Waals surface area contributed by atoms with E-state index in [0.717, 1.165) is 23.6 Å². The highest BCUT2D eigenvalue weighted by molar-refractivity contribution is 5.50. The lowest BCUT2D eigenvalue weighted by atomic mass is 10.1. The van der Waals surface area contributed by atoms with E-state index < -0.39 is 5.60 Å². The zero-order chi connectivity index (χ0) is 13.2. The van der Waals surface area contributed by atoms with Gasteiger partial charge < -0.3 is 15.1 Å². The summed E-state index contributed by atoms with van der Waals surface area (Å²) < 4.78 is 1.76. The lowest BCUT2D eigenvalue weighted by Crippen LogP contribution is -2.40. The van der Waals surface area contributed by atoms with Gasteiger partial charge in [0.1, 0.15) is 5.82 Å². The Morgan fingerprint density at radius 1 is 1.41 bits per heavy atom. The van der Waals surface area contributed by atoms with Crippen molar-refractivity contribution in [3.8, 4) is 0 Å². The third kappa shape index (κ3) is 3.20. The standard InChI is InChI=1S/C12H23N3O2/c1-6-15(8-12(3,4)17)11-10(7-16)9(2)13-14(11)5/h16-17H,6-8H2,1-5H3. The summed E-state index contributed by atoms with van der Waals surface area (Å²) >= 11 is 0. The van der Waals surface area contributed by atoms with Gasteiger partial charge in [-0.25, -0.2) is 0 Å². The summed E-state index contributed by atoms with van der Waals surface area (Å²) in [5, 5.41) is 23.6. The third-order valence-electron chi connectivity index (χ3n) is 2.73. The number of nitrogens with zero attached hydrogens (tertiary/aromatic N) is 3. The van der Waals surface area contributed by atoms with Crippen LogP contribution in [0.5, 0.6) is 0 Å². The number of hydrogen-bond acceptors (Lipinski definition) is 4. The zero-order valence-electron chi connectivity index (χ0n) is 11.4. The summed E-state index contributed by atoms with van der Waals surface area (Å²) in [7, 11) is 1.86. The highest BCUT2D eigenvalue weighted by Crippen LogP contribution is 2.24. The number of rotatable bonds is 5. The van der Waals surface area contributed by atoms with E-state index >= 15 is 0 Å². The smallest absolute Gasteiger partial charge is 0.132 e. The van der Waals surface area contributed by atoms with E-state index in [-0.39, 0.29) is 6.61 Å². The molecule has 0 saturated heterocycles. The molecule has 17 heavy (non-hydrogen) atoms. The first-order chi connectivity index (χ1) is 7.80. The van der Waals surface area contributed by atoms with Crippen LogP contribution in [0.2, 0.25) is 0 Å². The van der Waals surface area contributed by atoms with E-state index in [2.05, 4.69) is 5.10 Å². The van der Waals surface area contributed by atoms with Gasteiger partial charge in [0.15, 0.2) is 0 Å². The molecule has 1 rings (SSSR count). The van der Waals surface area contributed by atoms with Crippen molar-refractivity contribution >= 4 is 5.82 Å². The number of aryl methyl sites for hydroxylation is 2. The van der Waals surface area contributed by atoms with Crippen LogP contribution in [0.15, 0.2) is 0 Å². The average molecular weight is 241 g/mol. The van der Waals surface area contributed by atoms with Gasteiger partial charge in [0.25, 0.3) is 0 Å². The molecule has 0 radical (unpaired) electrons. The number of aliphatic hydroxyl groups excluding tert-OH is 1. The quantitative estimate of drug-likeness (QED) is 0.801. The molecule has 0 aliphatic rings. The van der Waals surface area contributed by atoms with Crippen molar-refractivity contribution in [3.05, 3.63) is 11.3 Å². The molecular weight excluding hydrogens is 218 g/mol. The SMILES string of the molecule is CCN(CC(C)(C)O)c1c(CO)c(C)nn1C. The minimum Gasteiger partial charge on any atom is -0.391 e. The van der Waals surface area contributed by atoms with Gasteiger partial charge in [0.05, 0.1) is 17.9 Å². The van der Waals surface area contributed by atoms with E-state index in [4.69, 9.17) is 0 Å². The number of aromatic nitrogens is 2. The molecule has 1 aromatic rings. The van der Waals surface area contributed by atoms with Crippen LogP contribution < -0.4 is 4.90 Å². The normalized spacial score (nSPS) is 11.9. The highest BCUT2D eigenvalue weighted by atomic mass is 16.3. The first-order valence-corrected chi connectivity index (χ1v) is 5.90. The largest absolute Gasteiger partial charge is 0.391 e. The molecule has 0 atom stereocenters. The van der Waals surface area contributed by atoms with Gasteiger partial charge in [-0.1, -0.05) is 0 Å². The summed E-state index contributed by atoms with van der Waals surface area (Å²) in [6, 6.07) is 0. The summed E-state index contributed by atoms with van der Waals surface area (Å²) in [6.45, 7) is 8.69. The van der Waals surface area contributed by atoms with Gasteiger partial charge in [-0.2, -0.15) is 5.10 Å². The van der Waals surface area contributed by atoms with Crippen molar-refractivity contribution in [2.45, 2.75) is 39.9 Å². The summed E-state index contributed by atoms with van der Waals surface area (Å²) in [5.74, 6) is 0.884. The summed E-state index contributed by atoms with van der Waals surface area (Å²) in [6.07, 6.45) is 0. The van der Waals surface area contributed by atoms with Crippen LogP contribution in [-0.2, 0) is 13.7 Å². The average Bonchev–Trinajstić information content (AvgIpc) is 2.48. The minimum absolute atomic E-state index is 0.0304. The molecule has 98 valence electrons. The predicted octanol–water partition coefficient (Wildman–Crippen LogP) is 0.818. The van der Waals surface area contributed by atoms with Crippen LogP contribution in [-0.4, -0.2) is 38.7 Å². The van der Waals surface area contributed by atoms with E-state index in [9.17, 15) is 10.2 Å². The molecule has 0 amide bonds. The number of likely N-dealkylation sites (N-methyl/N-ethyl adjacent to an activating group) is 1. The van der Waals surface area contributed by atoms with Crippen molar-refractivity contribution < 1.29 is 10.2 Å². The zero-order valence-corrected chi connectivity index (χ0v) is 11.4. The molecule has 0 aromatic carbocycles. The number of hydrogen-bond donors (Lipinski definition) is 2. The molecule has 0 aliphatic carbocycles. The fourth-order valence-corrected chi connectivity index (χ4v) is 2.07. The molecule has 0 fully saturated rings. The minimum atomic E-state index is -0.777. The fourth-order valence-electron chi connectivity index (χ4n) is 2.07. The second kappa shape index (κ2) is 5.06. The molecule has 0 unspecified atom stereocenters. The maximum atomic E-state index is 9.91. The van der Waals surface area contributed by atoms with Crippen LogP contribution in [0.3, 0.4) is 0 Å². The van der Waals surface area contributed by atoms with Crippen molar-refractivity contribution in [2.75, 3.05) is 18.0 Å². The second-order valence-electron chi connectivity index (χ2n) is 5.00. The topological polar surface area (TPSA) is 61.5 Å². The van der Waals surface area contributed by atoms with E-state index in [1.165, 1.54) is 0 Å². The van der Waals surface area contributed by atoms with E-state index in [1.54, 1.807) is 18.5 Å². The maximum Gasteiger partial charge on any atom is 0.132 e. The molecular formula is C12H23N3O2. The molecule has 0 aliphatic heterocycles. The monoisotopic (exact) mass is 241 g/mol. The van der Waals surface area contributed by atoms with Crippen molar-refractivity contribution in [2.24, 2.45) is 7.05 Å². The Labute approximate surface area is 103 Å². The Kier molecular flexibility index (Phi) is 4.16. The van der Waals surface area contributed by atoms with Gasteiger partial charge in [0, 0.05) is 25.7 Å². The Morgan fingerprint density at radius 3 is 2.41 bits per heavy atom. The molecule has 1 aromatic heterocycles. The predicted molar refractivity (Wildman–Crippen MR) is 68.1 cm³/mol. The number of aliphatic hydroxyl groups is 2. The fraction of sp³-hybridized carbons (Fsp3) is 0.750. The Bertz CT molecular complexity index is 380. The highest BCUT2D eigenvalue weighted by Gasteiger charge is 2.23. The molecule has 5 nitrogen and oxygen atoms in total. The van der Waals surface area contributed by atoms with Crippen LogP contribution in [0, 0.1) is 6.92 Å². The Morgan fingerprint density at radius 2 is 2.00 bits per heavy atom. The first kappa shape index (κ1) is 14.0. The van der Waals surface area contributed by atoms with Gasteiger partial charge >= 0.3 is 0 Å².